The van der Waals surface area contributed by atoms with Gasteiger partial charge in [0.25, 0.3) is 0 Å². The Labute approximate surface area is 83.9 Å². The first-order valence-corrected chi connectivity index (χ1v) is 5.00. The van der Waals surface area contributed by atoms with Crippen molar-refractivity contribution < 1.29 is 9.53 Å². The molecule has 1 aliphatic carbocycles. The number of fused-ring (bicyclic) bond motifs is 1. The Morgan fingerprint density at radius 3 is 2.57 bits per heavy atom. The van der Waals surface area contributed by atoms with Crippen LogP contribution < -0.4 is 4.74 Å². The van der Waals surface area contributed by atoms with Crippen LogP contribution in [0.2, 0.25) is 0 Å². The van der Waals surface area contributed by atoms with Crippen molar-refractivity contribution in [2.24, 2.45) is 0 Å². The van der Waals surface area contributed by atoms with Crippen molar-refractivity contribution in [2.75, 3.05) is 7.11 Å². The average Bonchev–Trinajstić information content (AvgIpc) is 2.27. The molecule has 0 amide bonds. The summed E-state index contributed by atoms with van der Waals surface area (Å²) < 4.78 is 5.30. The lowest BCUT2D eigenvalue weighted by atomic mass is 9.88. The van der Waals surface area contributed by atoms with E-state index in [-0.39, 0.29) is 0 Å². The van der Waals surface area contributed by atoms with Gasteiger partial charge in [0.1, 0.15) is 12.0 Å². The highest BCUT2D eigenvalue weighted by Gasteiger charge is 2.16. The lowest BCUT2D eigenvalue weighted by molar-refractivity contribution is 0.112. The van der Waals surface area contributed by atoms with Gasteiger partial charge in [0, 0.05) is 5.56 Å². The van der Waals surface area contributed by atoms with E-state index in [1.165, 1.54) is 24.0 Å². The van der Waals surface area contributed by atoms with Gasteiger partial charge in [-0.1, -0.05) is 0 Å². The van der Waals surface area contributed by atoms with Crippen LogP contribution in [0, 0.1) is 0 Å². The Balaban J connectivity index is 2.55. The molecule has 0 heterocycles. The summed E-state index contributed by atoms with van der Waals surface area (Å²) in [7, 11) is 1.69. The van der Waals surface area contributed by atoms with Gasteiger partial charge in [-0.05, 0) is 48.9 Å². The van der Waals surface area contributed by atoms with E-state index >= 15 is 0 Å². The van der Waals surface area contributed by atoms with Gasteiger partial charge in [-0.3, -0.25) is 4.79 Å². The van der Waals surface area contributed by atoms with E-state index in [0.29, 0.717) is 0 Å². The van der Waals surface area contributed by atoms with Crippen LogP contribution in [-0.4, -0.2) is 13.4 Å². The van der Waals surface area contributed by atoms with Crippen LogP contribution in [-0.2, 0) is 12.8 Å². The second-order valence-electron chi connectivity index (χ2n) is 3.64. The van der Waals surface area contributed by atoms with Gasteiger partial charge in [0.05, 0.1) is 7.11 Å². The average molecular weight is 190 g/mol. The summed E-state index contributed by atoms with van der Waals surface area (Å²) in [5.41, 5.74) is 3.27. The molecule has 2 rings (SSSR count). The van der Waals surface area contributed by atoms with Gasteiger partial charge in [-0.15, -0.1) is 0 Å². The molecule has 0 aromatic heterocycles. The molecule has 0 bridgehead atoms. The standard InChI is InChI=1S/C12H14O2/c1-14-12-7-6-9(8-13)10-4-2-3-5-11(10)12/h6-8H,2-5H2,1H3. The summed E-state index contributed by atoms with van der Waals surface area (Å²) in [6.07, 6.45) is 5.39. The summed E-state index contributed by atoms with van der Waals surface area (Å²) in [5, 5.41) is 0. The van der Waals surface area contributed by atoms with Crippen molar-refractivity contribution in [1.82, 2.24) is 0 Å². The summed E-state index contributed by atoms with van der Waals surface area (Å²) in [6.45, 7) is 0. The van der Waals surface area contributed by atoms with Crippen LogP contribution in [0.4, 0.5) is 0 Å². The van der Waals surface area contributed by atoms with E-state index in [4.69, 9.17) is 4.74 Å². The van der Waals surface area contributed by atoms with E-state index in [0.717, 1.165) is 30.4 Å². The lowest BCUT2D eigenvalue weighted by Gasteiger charge is -2.19. The Morgan fingerprint density at radius 2 is 1.93 bits per heavy atom. The molecule has 14 heavy (non-hydrogen) atoms. The number of hydrogen-bond donors (Lipinski definition) is 0. The van der Waals surface area contributed by atoms with Crippen LogP contribution in [0.1, 0.15) is 34.3 Å². The number of carbonyl (C=O) groups is 1. The van der Waals surface area contributed by atoms with Crippen LogP contribution >= 0.6 is 0 Å². The lowest BCUT2D eigenvalue weighted by Crippen LogP contribution is -2.08. The van der Waals surface area contributed by atoms with E-state index in [1.807, 2.05) is 12.1 Å². The topological polar surface area (TPSA) is 26.3 Å². The van der Waals surface area contributed by atoms with E-state index in [2.05, 4.69) is 0 Å². The first-order valence-electron chi connectivity index (χ1n) is 5.00. The largest absolute Gasteiger partial charge is 0.496 e. The van der Waals surface area contributed by atoms with E-state index < -0.39 is 0 Å². The summed E-state index contributed by atoms with van der Waals surface area (Å²) in [5.74, 6) is 0.935. The second kappa shape index (κ2) is 3.82. The third kappa shape index (κ3) is 1.41. The number of methoxy groups -OCH3 is 1. The van der Waals surface area contributed by atoms with Gasteiger partial charge in [-0.2, -0.15) is 0 Å². The molecule has 2 heteroatoms. The first kappa shape index (κ1) is 9.25. The molecular weight excluding hydrogens is 176 g/mol. The molecule has 0 radical (unpaired) electrons. The number of ether oxygens (including phenoxy) is 1. The monoisotopic (exact) mass is 190 g/mol. The minimum atomic E-state index is 0.834. The number of benzene rings is 1. The van der Waals surface area contributed by atoms with Crippen molar-refractivity contribution in [2.45, 2.75) is 25.7 Å². The maximum Gasteiger partial charge on any atom is 0.150 e. The fraction of sp³-hybridized carbons (Fsp3) is 0.417. The fourth-order valence-electron chi connectivity index (χ4n) is 2.16. The van der Waals surface area contributed by atoms with Crippen molar-refractivity contribution in [1.29, 1.82) is 0 Å². The predicted octanol–water partition coefficient (Wildman–Crippen LogP) is 2.39. The predicted molar refractivity (Wildman–Crippen MR) is 55.0 cm³/mol. The molecule has 0 atom stereocenters. The van der Waals surface area contributed by atoms with Gasteiger partial charge in [0.2, 0.25) is 0 Å². The smallest absolute Gasteiger partial charge is 0.150 e. The molecule has 0 spiro atoms. The normalized spacial score (nSPS) is 14.6. The third-order valence-electron chi connectivity index (χ3n) is 2.87. The molecule has 0 unspecified atom stereocenters. The molecule has 0 N–H and O–H groups in total. The van der Waals surface area contributed by atoms with Crippen LogP contribution in [0.25, 0.3) is 0 Å². The highest BCUT2D eigenvalue weighted by molar-refractivity contribution is 5.79. The zero-order chi connectivity index (χ0) is 9.97. The Bertz CT molecular complexity index is 356. The maximum absolute atomic E-state index is 10.8. The van der Waals surface area contributed by atoms with E-state index in [1.54, 1.807) is 7.11 Å². The summed E-state index contributed by atoms with van der Waals surface area (Å²) in [6, 6.07) is 3.75. The Kier molecular flexibility index (Phi) is 2.53. The summed E-state index contributed by atoms with van der Waals surface area (Å²) >= 11 is 0. The highest BCUT2D eigenvalue weighted by Crippen LogP contribution is 2.31. The fourth-order valence-corrected chi connectivity index (χ4v) is 2.16. The molecule has 1 aromatic carbocycles. The van der Waals surface area contributed by atoms with Crippen molar-refractivity contribution in [3.63, 3.8) is 0 Å². The number of hydrogen-bond acceptors (Lipinski definition) is 2. The number of rotatable bonds is 2. The maximum atomic E-state index is 10.8. The molecule has 2 nitrogen and oxygen atoms in total. The minimum absolute atomic E-state index is 0.834. The molecule has 0 saturated carbocycles. The molecule has 74 valence electrons. The highest BCUT2D eigenvalue weighted by atomic mass is 16.5. The first-order chi connectivity index (χ1) is 6.86. The zero-order valence-corrected chi connectivity index (χ0v) is 8.38. The Morgan fingerprint density at radius 1 is 1.21 bits per heavy atom. The third-order valence-corrected chi connectivity index (χ3v) is 2.87. The van der Waals surface area contributed by atoms with Crippen molar-refractivity contribution in [3.8, 4) is 5.75 Å². The minimum Gasteiger partial charge on any atom is -0.496 e. The van der Waals surface area contributed by atoms with E-state index in [9.17, 15) is 4.79 Å². The van der Waals surface area contributed by atoms with Gasteiger partial charge in [0.15, 0.2) is 0 Å². The molecule has 0 fully saturated rings. The van der Waals surface area contributed by atoms with Gasteiger partial charge >= 0.3 is 0 Å². The molecule has 0 saturated heterocycles. The van der Waals surface area contributed by atoms with Crippen molar-refractivity contribution in [3.05, 3.63) is 28.8 Å². The number of carbonyl (C=O) groups excluding carboxylic acids is 1. The summed E-state index contributed by atoms with van der Waals surface area (Å²) in [4.78, 5) is 10.8. The van der Waals surface area contributed by atoms with Crippen LogP contribution in [0.5, 0.6) is 5.75 Å². The van der Waals surface area contributed by atoms with Crippen LogP contribution in [0.3, 0.4) is 0 Å². The quantitative estimate of drug-likeness (QED) is 0.669. The molecule has 0 aliphatic heterocycles. The number of aldehydes is 1. The molecule has 1 aliphatic rings. The van der Waals surface area contributed by atoms with Crippen molar-refractivity contribution >= 4 is 6.29 Å². The molecule has 1 aromatic rings. The van der Waals surface area contributed by atoms with Gasteiger partial charge in [-0.25, -0.2) is 0 Å². The van der Waals surface area contributed by atoms with Crippen LogP contribution in [0.15, 0.2) is 12.1 Å². The van der Waals surface area contributed by atoms with Gasteiger partial charge < -0.3 is 4.74 Å². The second-order valence-corrected chi connectivity index (χ2v) is 3.64. The Hall–Kier alpha value is -1.31. The SMILES string of the molecule is COc1ccc(C=O)c2c1CCCC2. The molecular formula is C12H14O2. The zero-order valence-electron chi connectivity index (χ0n) is 8.38.